The molecule has 0 fully saturated rings. The van der Waals surface area contributed by atoms with Gasteiger partial charge in [0, 0.05) is 6.54 Å². The first kappa shape index (κ1) is 19.3. The summed E-state index contributed by atoms with van der Waals surface area (Å²) >= 11 is 1.36. The van der Waals surface area contributed by atoms with E-state index in [0.717, 1.165) is 17.5 Å². The Hall–Kier alpha value is -3.00. The van der Waals surface area contributed by atoms with Crippen molar-refractivity contribution in [3.8, 4) is 11.5 Å². The molecule has 8 heteroatoms. The average Bonchev–Trinajstić information content (AvgIpc) is 3.30. The van der Waals surface area contributed by atoms with E-state index >= 15 is 0 Å². The zero-order valence-corrected chi connectivity index (χ0v) is 17.1. The third-order valence-corrected chi connectivity index (χ3v) is 5.90. The van der Waals surface area contributed by atoms with Gasteiger partial charge >= 0.3 is 0 Å². The Morgan fingerprint density at radius 2 is 1.97 bits per heavy atom. The average molecular weight is 410 g/mol. The van der Waals surface area contributed by atoms with Crippen molar-refractivity contribution in [2.24, 2.45) is 0 Å². The molecule has 1 aromatic heterocycles. The summed E-state index contributed by atoms with van der Waals surface area (Å²) in [6.45, 7) is 0.637. The van der Waals surface area contributed by atoms with E-state index in [1.807, 2.05) is 35.2 Å². The molecule has 0 spiro atoms. The Kier molecular flexibility index (Phi) is 5.71. The summed E-state index contributed by atoms with van der Waals surface area (Å²) in [5, 5.41) is 7.25. The Labute approximate surface area is 173 Å². The van der Waals surface area contributed by atoms with Crippen molar-refractivity contribution in [2.45, 2.75) is 17.6 Å². The molecule has 3 aromatic rings. The van der Waals surface area contributed by atoms with Gasteiger partial charge < -0.3 is 14.4 Å². The van der Waals surface area contributed by atoms with Crippen LogP contribution in [0.1, 0.15) is 22.7 Å². The highest BCUT2D eigenvalue weighted by Gasteiger charge is 2.33. The van der Waals surface area contributed by atoms with E-state index < -0.39 is 0 Å². The predicted molar refractivity (Wildman–Crippen MR) is 110 cm³/mol. The number of nitrogens with one attached hydrogen (secondary N) is 1. The van der Waals surface area contributed by atoms with E-state index in [9.17, 15) is 4.79 Å². The fourth-order valence-electron chi connectivity index (χ4n) is 3.69. The van der Waals surface area contributed by atoms with Gasteiger partial charge in [-0.2, -0.15) is 5.10 Å². The Morgan fingerprint density at radius 3 is 2.66 bits per heavy atom. The first-order valence-electron chi connectivity index (χ1n) is 9.28. The molecule has 0 bridgehead atoms. The number of amides is 1. The van der Waals surface area contributed by atoms with Gasteiger partial charge in [0.05, 0.1) is 26.0 Å². The van der Waals surface area contributed by atoms with Crippen molar-refractivity contribution >= 4 is 17.7 Å². The van der Waals surface area contributed by atoms with Gasteiger partial charge in [-0.15, -0.1) is 0 Å². The van der Waals surface area contributed by atoms with E-state index in [1.54, 1.807) is 14.2 Å². The molecule has 1 aliphatic rings. The summed E-state index contributed by atoms with van der Waals surface area (Å²) in [5.74, 6) is 1.72. The highest BCUT2D eigenvalue weighted by molar-refractivity contribution is 7.99. The van der Waals surface area contributed by atoms with E-state index in [1.165, 1.54) is 23.7 Å². The molecule has 1 aliphatic heterocycles. The second kappa shape index (κ2) is 8.57. The lowest BCUT2D eigenvalue weighted by Gasteiger charge is -2.38. The van der Waals surface area contributed by atoms with E-state index in [-0.39, 0.29) is 11.9 Å². The van der Waals surface area contributed by atoms with Crippen LogP contribution in [0.2, 0.25) is 0 Å². The van der Waals surface area contributed by atoms with Gasteiger partial charge in [-0.1, -0.05) is 42.1 Å². The van der Waals surface area contributed by atoms with Gasteiger partial charge in [0.2, 0.25) is 5.91 Å². The van der Waals surface area contributed by atoms with Gasteiger partial charge in [0.25, 0.3) is 0 Å². The molecule has 0 aliphatic carbocycles. The number of ether oxygens (including phenoxy) is 2. The van der Waals surface area contributed by atoms with E-state index in [4.69, 9.17) is 9.47 Å². The van der Waals surface area contributed by atoms with Crippen LogP contribution < -0.4 is 9.47 Å². The minimum absolute atomic E-state index is 0.0562. The summed E-state index contributed by atoms with van der Waals surface area (Å²) in [6.07, 6.45) is 2.20. The van der Waals surface area contributed by atoms with E-state index in [0.29, 0.717) is 29.0 Å². The molecule has 7 nitrogen and oxygen atoms in total. The summed E-state index contributed by atoms with van der Waals surface area (Å²) in [6, 6.07) is 13.9. The third kappa shape index (κ3) is 3.93. The van der Waals surface area contributed by atoms with Crippen molar-refractivity contribution in [1.29, 1.82) is 0 Å². The van der Waals surface area contributed by atoms with Gasteiger partial charge in [-0.3, -0.25) is 9.89 Å². The number of hydrogen-bond donors (Lipinski definition) is 1. The van der Waals surface area contributed by atoms with E-state index in [2.05, 4.69) is 27.3 Å². The van der Waals surface area contributed by atoms with Crippen LogP contribution in [0.25, 0.3) is 0 Å². The summed E-state index contributed by atoms with van der Waals surface area (Å²) < 4.78 is 11.0. The first-order chi connectivity index (χ1) is 14.2. The van der Waals surface area contributed by atoms with Crippen molar-refractivity contribution in [3.63, 3.8) is 0 Å². The molecule has 2 aromatic carbocycles. The van der Waals surface area contributed by atoms with Crippen LogP contribution >= 0.6 is 11.8 Å². The number of carbonyl (C=O) groups is 1. The molecular formula is C21H22N4O3S. The van der Waals surface area contributed by atoms with Crippen LogP contribution in [0, 0.1) is 0 Å². The Balaban J connectivity index is 1.70. The maximum absolute atomic E-state index is 13.2. The Bertz CT molecular complexity index is 979. The second-order valence-electron chi connectivity index (χ2n) is 6.64. The smallest absolute Gasteiger partial charge is 0.233 e. The number of rotatable bonds is 6. The fraction of sp³-hybridized carbons (Fsp3) is 0.286. The van der Waals surface area contributed by atoms with Crippen LogP contribution in [-0.4, -0.2) is 52.5 Å². The normalized spacial score (nSPS) is 15.7. The molecule has 0 radical (unpaired) electrons. The zero-order valence-electron chi connectivity index (χ0n) is 16.3. The number of nitrogens with zero attached hydrogens (tertiary/aromatic N) is 3. The SMILES string of the molecule is COc1cc2c(cc1OC)C(c1ccccc1)N(C(=O)CSc1ncn[nH]1)CC2. The second-order valence-corrected chi connectivity index (χ2v) is 7.60. The highest BCUT2D eigenvalue weighted by Crippen LogP contribution is 2.41. The number of aromatic amines is 1. The molecule has 0 saturated carbocycles. The van der Waals surface area contributed by atoms with Gasteiger partial charge in [0.15, 0.2) is 16.7 Å². The number of benzene rings is 2. The van der Waals surface area contributed by atoms with Gasteiger partial charge in [-0.25, -0.2) is 4.98 Å². The largest absolute Gasteiger partial charge is 0.493 e. The summed E-state index contributed by atoms with van der Waals surface area (Å²) in [7, 11) is 3.26. The minimum Gasteiger partial charge on any atom is -0.493 e. The van der Waals surface area contributed by atoms with Crippen LogP contribution in [0.5, 0.6) is 11.5 Å². The lowest BCUT2D eigenvalue weighted by molar-refractivity contribution is -0.130. The lowest BCUT2D eigenvalue weighted by Crippen LogP contribution is -2.41. The topological polar surface area (TPSA) is 80.3 Å². The number of fused-ring (bicyclic) bond motifs is 1. The number of thioether (sulfide) groups is 1. The van der Waals surface area contributed by atoms with Crippen LogP contribution in [0.15, 0.2) is 53.9 Å². The number of carbonyl (C=O) groups excluding carboxylic acids is 1. The maximum Gasteiger partial charge on any atom is 0.233 e. The molecule has 29 heavy (non-hydrogen) atoms. The van der Waals surface area contributed by atoms with Crippen molar-refractivity contribution in [2.75, 3.05) is 26.5 Å². The lowest BCUT2D eigenvalue weighted by atomic mass is 9.87. The third-order valence-electron chi connectivity index (χ3n) is 5.03. The van der Waals surface area contributed by atoms with Gasteiger partial charge in [0.1, 0.15) is 6.33 Å². The fourth-order valence-corrected chi connectivity index (χ4v) is 4.35. The molecule has 4 rings (SSSR count). The number of H-pyrrole nitrogens is 1. The standard InChI is InChI=1S/C21H22N4O3S/c1-27-17-10-15-8-9-25(19(26)12-29-21-22-13-23-24-21)20(14-6-4-3-5-7-14)16(15)11-18(17)28-2/h3-7,10-11,13,20H,8-9,12H2,1-2H3,(H,22,23,24). The molecular weight excluding hydrogens is 388 g/mol. The molecule has 1 unspecified atom stereocenters. The predicted octanol–water partition coefficient (Wildman–Crippen LogP) is 3.09. The molecule has 0 saturated heterocycles. The van der Waals surface area contributed by atoms with Crippen molar-refractivity contribution in [1.82, 2.24) is 20.1 Å². The monoisotopic (exact) mass is 410 g/mol. The molecule has 2 heterocycles. The van der Waals surface area contributed by atoms with Crippen molar-refractivity contribution < 1.29 is 14.3 Å². The van der Waals surface area contributed by atoms with Crippen LogP contribution in [-0.2, 0) is 11.2 Å². The zero-order chi connectivity index (χ0) is 20.2. The maximum atomic E-state index is 13.2. The summed E-state index contributed by atoms with van der Waals surface area (Å²) in [5.41, 5.74) is 3.31. The molecule has 1 N–H and O–H groups in total. The number of hydrogen-bond acceptors (Lipinski definition) is 6. The Morgan fingerprint density at radius 1 is 1.21 bits per heavy atom. The number of aromatic nitrogens is 3. The van der Waals surface area contributed by atoms with Crippen LogP contribution in [0.4, 0.5) is 0 Å². The molecule has 150 valence electrons. The summed E-state index contributed by atoms with van der Waals surface area (Å²) in [4.78, 5) is 19.2. The van der Waals surface area contributed by atoms with Gasteiger partial charge in [-0.05, 0) is 35.2 Å². The molecule has 1 amide bonds. The van der Waals surface area contributed by atoms with Crippen LogP contribution in [0.3, 0.4) is 0 Å². The highest BCUT2D eigenvalue weighted by atomic mass is 32.2. The first-order valence-corrected chi connectivity index (χ1v) is 10.3. The van der Waals surface area contributed by atoms with Crippen molar-refractivity contribution in [3.05, 3.63) is 65.5 Å². The molecule has 1 atom stereocenters. The minimum atomic E-state index is -0.178. The quantitative estimate of drug-likeness (QED) is 0.629. The number of methoxy groups -OCH3 is 2.